The Labute approximate surface area is 106 Å². The van der Waals surface area contributed by atoms with Gasteiger partial charge in [0.15, 0.2) is 0 Å². The fourth-order valence-electron chi connectivity index (χ4n) is 1.95. The first-order valence-corrected chi connectivity index (χ1v) is 7.09. The number of aliphatic hydroxyl groups excluding tert-OH is 1. The van der Waals surface area contributed by atoms with Crippen LogP contribution < -0.4 is 5.32 Å². The second-order valence-electron chi connectivity index (χ2n) is 5.90. The highest BCUT2D eigenvalue weighted by Crippen LogP contribution is 2.28. The van der Waals surface area contributed by atoms with Crippen LogP contribution in [0.4, 0.5) is 0 Å². The third-order valence-electron chi connectivity index (χ3n) is 3.65. The van der Waals surface area contributed by atoms with Crippen molar-refractivity contribution in [1.29, 1.82) is 0 Å². The quantitative estimate of drug-likeness (QED) is 0.458. The van der Waals surface area contributed by atoms with Crippen molar-refractivity contribution in [2.75, 3.05) is 13.2 Å². The van der Waals surface area contributed by atoms with Crippen LogP contribution in [0.15, 0.2) is 0 Å². The van der Waals surface area contributed by atoms with Crippen molar-refractivity contribution in [3.05, 3.63) is 0 Å². The van der Waals surface area contributed by atoms with Gasteiger partial charge in [0.2, 0.25) is 0 Å². The highest BCUT2D eigenvalue weighted by molar-refractivity contribution is 4.80. The zero-order valence-electron chi connectivity index (χ0n) is 11.7. The van der Waals surface area contributed by atoms with Gasteiger partial charge in [-0.25, -0.2) is 0 Å². The van der Waals surface area contributed by atoms with Gasteiger partial charge in [-0.1, -0.05) is 52.9 Å². The molecule has 3 nitrogen and oxygen atoms in total. The zero-order valence-corrected chi connectivity index (χ0v) is 11.7. The van der Waals surface area contributed by atoms with Crippen molar-refractivity contribution in [2.45, 2.75) is 71.6 Å². The van der Waals surface area contributed by atoms with E-state index in [4.69, 9.17) is 4.74 Å². The highest BCUT2D eigenvalue weighted by Gasteiger charge is 2.30. The molecule has 1 saturated heterocycles. The van der Waals surface area contributed by atoms with E-state index in [2.05, 4.69) is 26.1 Å². The van der Waals surface area contributed by atoms with Crippen molar-refractivity contribution >= 4 is 0 Å². The molecule has 1 heterocycles. The van der Waals surface area contributed by atoms with E-state index in [0.717, 1.165) is 13.0 Å². The molecule has 0 spiro atoms. The first kappa shape index (κ1) is 14.9. The lowest BCUT2D eigenvalue weighted by molar-refractivity contribution is -0.0375. The van der Waals surface area contributed by atoms with E-state index in [-0.39, 0.29) is 17.7 Å². The lowest BCUT2D eigenvalue weighted by Gasteiger charge is -2.30. The van der Waals surface area contributed by atoms with Crippen LogP contribution in [0, 0.1) is 5.41 Å². The number of unbranched alkanes of at least 4 members (excludes halogenated alkanes) is 4. The minimum absolute atomic E-state index is 0.0267. The summed E-state index contributed by atoms with van der Waals surface area (Å²) in [5.74, 6) is 0. The summed E-state index contributed by atoms with van der Waals surface area (Å²) in [6, 6.07) is 0. The van der Waals surface area contributed by atoms with Gasteiger partial charge in [0.1, 0.15) is 6.23 Å². The normalized spacial score (nSPS) is 21.5. The second kappa shape index (κ2) is 7.34. The van der Waals surface area contributed by atoms with Gasteiger partial charge in [-0.3, -0.25) is 5.32 Å². The lowest BCUT2D eigenvalue weighted by Crippen LogP contribution is -2.34. The van der Waals surface area contributed by atoms with Crippen LogP contribution in [-0.4, -0.2) is 30.6 Å². The molecule has 0 radical (unpaired) electrons. The van der Waals surface area contributed by atoms with Crippen LogP contribution >= 0.6 is 0 Å². The van der Waals surface area contributed by atoms with Crippen LogP contribution in [0.3, 0.4) is 0 Å². The van der Waals surface area contributed by atoms with Crippen molar-refractivity contribution < 1.29 is 9.84 Å². The molecule has 2 unspecified atom stereocenters. The van der Waals surface area contributed by atoms with Crippen molar-refractivity contribution in [1.82, 2.24) is 5.32 Å². The molecule has 1 aliphatic heterocycles. The van der Waals surface area contributed by atoms with Gasteiger partial charge >= 0.3 is 0 Å². The molecule has 0 aromatic heterocycles. The summed E-state index contributed by atoms with van der Waals surface area (Å²) in [5.41, 5.74) is -0.0267. The van der Waals surface area contributed by atoms with Crippen LogP contribution in [0.1, 0.15) is 59.3 Å². The zero-order chi connectivity index (χ0) is 12.7. The lowest BCUT2D eigenvalue weighted by atomic mass is 9.81. The predicted molar refractivity (Wildman–Crippen MR) is 70.9 cm³/mol. The summed E-state index contributed by atoms with van der Waals surface area (Å²) in [4.78, 5) is 0. The predicted octanol–water partition coefficient (Wildman–Crippen LogP) is 2.68. The first-order valence-electron chi connectivity index (χ1n) is 7.09. The Balaban J connectivity index is 2.08. The molecular weight excluding hydrogens is 214 g/mol. The number of nitrogens with one attached hydrogen (secondary N) is 1. The fraction of sp³-hybridized carbons (Fsp3) is 1.00. The summed E-state index contributed by atoms with van der Waals surface area (Å²) in [5, 5.41) is 13.2. The molecule has 0 amide bonds. The van der Waals surface area contributed by atoms with Crippen LogP contribution in [0.5, 0.6) is 0 Å². The Morgan fingerprint density at radius 3 is 2.53 bits per heavy atom. The average Bonchev–Trinajstić information content (AvgIpc) is 3.09. The monoisotopic (exact) mass is 243 g/mol. The van der Waals surface area contributed by atoms with E-state index >= 15 is 0 Å². The highest BCUT2D eigenvalue weighted by atomic mass is 16.5. The van der Waals surface area contributed by atoms with E-state index in [0.29, 0.717) is 6.61 Å². The van der Waals surface area contributed by atoms with Crippen LogP contribution in [0.2, 0.25) is 0 Å². The summed E-state index contributed by atoms with van der Waals surface area (Å²) < 4.78 is 5.48. The standard InChI is InChI=1S/C14H29NO2/c1-4-5-6-7-8-9-14(2,3)12(16)11-17-13-10-15-13/h12-13,15-16H,4-11H2,1-3H3. The summed E-state index contributed by atoms with van der Waals surface area (Å²) in [6.07, 6.45) is 7.37. The number of hydrogen-bond acceptors (Lipinski definition) is 3. The van der Waals surface area contributed by atoms with E-state index in [1.807, 2.05) is 0 Å². The number of aliphatic hydroxyl groups is 1. The molecule has 102 valence electrons. The van der Waals surface area contributed by atoms with Gasteiger partial charge in [-0.05, 0) is 11.8 Å². The molecule has 0 aliphatic carbocycles. The van der Waals surface area contributed by atoms with Gasteiger partial charge < -0.3 is 9.84 Å². The Hall–Kier alpha value is -0.120. The minimum Gasteiger partial charge on any atom is -0.390 e. The Morgan fingerprint density at radius 1 is 1.29 bits per heavy atom. The average molecular weight is 243 g/mol. The molecule has 0 bridgehead atoms. The smallest absolute Gasteiger partial charge is 0.121 e. The molecule has 0 saturated carbocycles. The molecule has 17 heavy (non-hydrogen) atoms. The molecule has 2 N–H and O–H groups in total. The van der Waals surface area contributed by atoms with E-state index in [1.54, 1.807) is 0 Å². The summed E-state index contributed by atoms with van der Waals surface area (Å²) in [6.45, 7) is 7.91. The molecule has 1 rings (SSSR count). The van der Waals surface area contributed by atoms with Gasteiger partial charge in [0.05, 0.1) is 12.7 Å². The SMILES string of the molecule is CCCCCCCC(C)(C)C(O)COC1CN1. The molecule has 0 aromatic carbocycles. The molecule has 3 heteroatoms. The maximum absolute atomic E-state index is 10.1. The molecule has 2 atom stereocenters. The van der Waals surface area contributed by atoms with Crippen LogP contribution in [-0.2, 0) is 4.74 Å². The maximum Gasteiger partial charge on any atom is 0.121 e. The number of rotatable bonds is 10. The second-order valence-corrected chi connectivity index (χ2v) is 5.90. The number of hydrogen-bond donors (Lipinski definition) is 2. The first-order chi connectivity index (χ1) is 8.06. The summed E-state index contributed by atoms with van der Waals surface area (Å²) >= 11 is 0. The largest absolute Gasteiger partial charge is 0.390 e. The number of ether oxygens (including phenoxy) is 1. The molecule has 1 aliphatic rings. The fourth-order valence-corrected chi connectivity index (χ4v) is 1.95. The molecule has 0 aromatic rings. The van der Waals surface area contributed by atoms with Gasteiger partial charge in [0.25, 0.3) is 0 Å². The molecular formula is C14H29NO2. The topological polar surface area (TPSA) is 51.4 Å². The minimum atomic E-state index is -0.351. The van der Waals surface area contributed by atoms with E-state index in [1.165, 1.54) is 32.1 Å². The van der Waals surface area contributed by atoms with Gasteiger partial charge in [-0.2, -0.15) is 0 Å². The third-order valence-corrected chi connectivity index (χ3v) is 3.65. The van der Waals surface area contributed by atoms with Crippen molar-refractivity contribution in [2.24, 2.45) is 5.41 Å². The van der Waals surface area contributed by atoms with Crippen LogP contribution in [0.25, 0.3) is 0 Å². The Bertz CT molecular complexity index is 202. The molecule has 1 fully saturated rings. The maximum atomic E-state index is 10.1. The van der Waals surface area contributed by atoms with E-state index in [9.17, 15) is 5.11 Å². The van der Waals surface area contributed by atoms with Gasteiger partial charge in [0, 0.05) is 6.54 Å². The third kappa shape index (κ3) is 6.39. The van der Waals surface area contributed by atoms with Crippen molar-refractivity contribution in [3.8, 4) is 0 Å². The Morgan fingerprint density at radius 2 is 1.94 bits per heavy atom. The Kier molecular flexibility index (Phi) is 6.45. The van der Waals surface area contributed by atoms with Gasteiger partial charge in [-0.15, -0.1) is 0 Å². The van der Waals surface area contributed by atoms with Crippen molar-refractivity contribution in [3.63, 3.8) is 0 Å². The summed E-state index contributed by atoms with van der Waals surface area (Å²) in [7, 11) is 0. The van der Waals surface area contributed by atoms with E-state index < -0.39 is 0 Å².